The Kier molecular flexibility index (Phi) is 3.56. The van der Waals surface area contributed by atoms with E-state index in [9.17, 15) is 14.5 Å². The number of para-hydroxylation sites is 1. The third-order valence-corrected chi connectivity index (χ3v) is 4.33. The monoisotopic (exact) mass is 279 g/mol. The first kappa shape index (κ1) is 13.3. The van der Waals surface area contributed by atoms with E-state index < -0.39 is 16.4 Å². The summed E-state index contributed by atoms with van der Waals surface area (Å²) in [6.07, 6.45) is 3.57. The van der Waals surface area contributed by atoms with Gasteiger partial charge in [-0.05, 0) is 31.5 Å². The van der Waals surface area contributed by atoms with Gasteiger partial charge in [-0.1, -0.05) is 12.5 Å². The second-order valence-corrected chi connectivity index (χ2v) is 5.50. The van der Waals surface area contributed by atoms with Crippen LogP contribution in [0.25, 0.3) is 0 Å². The maximum atomic E-state index is 13.7. The smallest absolute Gasteiger partial charge is 0.327 e. The lowest BCUT2D eigenvalue weighted by molar-refractivity contribution is -0.386. The van der Waals surface area contributed by atoms with Crippen molar-refractivity contribution in [2.45, 2.75) is 25.3 Å². The largest absolute Gasteiger partial charge is 0.363 e. The molecule has 0 radical (unpaired) electrons. The van der Waals surface area contributed by atoms with Gasteiger partial charge < -0.3 is 4.90 Å². The van der Waals surface area contributed by atoms with Gasteiger partial charge in [0, 0.05) is 25.7 Å². The lowest BCUT2D eigenvalue weighted by Gasteiger charge is -2.44. The average molecular weight is 279 g/mol. The third kappa shape index (κ3) is 2.35. The molecule has 0 bridgehead atoms. The second kappa shape index (κ2) is 5.36. The zero-order valence-corrected chi connectivity index (χ0v) is 11.3. The molecule has 2 aliphatic heterocycles. The number of halogens is 1. The fourth-order valence-corrected chi connectivity index (χ4v) is 3.31. The van der Waals surface area contributed by atoms with Crippen LogP contribution in [0, 0.1) is 15.9 Å². The number of nitrogens with zero attached hydrogens (tertiary/aromatic N) is 3. The number of piperidine rings is 1. The topological polar surface area (TPSA) is 49.6 Å². The Morgan fingerprint density at radius 2 is 2.10 bits per heavy atom. The van der Waals surface area contributed by atoms with E-state index in [2.05, 4.69) is 4.90 Å². The Balaban J connectivity index is 1.86. The van der Waals surface area contributed by atoms with E-state index in [1.165, 1.54) is 12.8 Å². The SMILES string of the molecule is O=[N+]([O-])c1c(F)cccc1N1CCN2CCCCC2C1. The number of hydrogen-bond acceptors (Lipinski definition) is 4. The van der Waals surface area contributed by atoms with E-state index >= 15 is 0 Å². The van der Waals surface area contributed by atoms with E-state index in [0.717, 1.165) is 38.7 Å². The van der Waals surface area contributed by atoms with Gasteiger partial charge in [-0.25, -0.2) is 0 Å². The number of anilines is 1. The lowest BCUT2D eigenvalue weighted by Crippen LogP contribution is -2.55. The van der Waals surface area contributed by atoms with Crippen molar-refractivity contribution in [3.63, 3.8) is 0 Å². The zero-order chi connectivity index (χ0) is 14.1. The minimum absolute atomic E-state index is 0.392. The first-order chi connectivity index (χ1) is 9.66. The van der Waals surface area contributed by atoms with Crippen molar-refractivity contribution >= 4 is 11.4 Å². The van der Waals surface area contributed by atoms with E-state index in [4.69, 9.17) is 0 Å². The van der Waals surface area contributed by atoms with Crippen LogP contribution in [0.1, 0.15) is 19.3 Å². The summed E-state index contributed by atoms with van der Waals surface area (Å²) in [5, 5.41) is 11.1. The predicted molar refractivity (Wildman–Crippen MR) is 74.5 cm³/mol. The Morgan fingerprint density at radius 1 is 1.25 bits per heavy atom. The summed E-state index contributed by atoms with van der Waals surface area (Å²) in [5.41, 5.74) is 0.0250. The number of benzene rings is 1. The van der Waals surface area contributed by atoms with Gasteiger partial charge in [0.25, 0.3) is 0 Å². The van der Waals surface area contributed by atoms with Gasteiger partial charge in [0.05, 0.1) is 4.92 Å². The molecular formula is C14H18FN3O2. The van der Waals surface area contributed by atoms with E-state index in [0.29, 0.717) is 11.7 Å². The average Bonchev–Trinajstić information content (AvgIpc) is 2.46. The zero-order valence-electron chi connectivity index (χ0n) is 11.3. The van der Waals surface area contributed by atoms with E-state index in [1.807, 2.05) is 4.90 Å². The molecule has 1 unspecified atom stereocenters. The normalized spacial score (nSPS) is 23.4. The van der Waals surface area contributed by atoms with Crippen molar-refractivity contribution in [3.05, 3.63) is 34.1 Å². The summed E-state index contributed by atoms with van der Waals surface area (Å²) in [4.78, 5) is 14.9. The van der Waals surface area contributed by atoms with Gasteiger partial charge in [0.1, 0.15) is 5.69 Å². The molecule has 2 heterocycles. The summed E-state index contributed by atoms with van der Waals surface area (Å²) in [5.74, 6) is -0.751. The number of rotatable bonds is 2. The highest BCUT2D eigenvalue weighted by molar-refractivity contribution is 5.64. The number of hydrogen-bond donors (Lipinski definition) is 0. The molecular weight excluding hydrogens is 261 g/mol. The molecule has 20 heavy (non-hydrogen) atoms. The van der Waals surface area contributed by atoms with Crippen LogP contribution < -0.4 is 4.90 Å². The highest BCUT2D eigenvalue weighted by Gasteiger charge is 2.32. The van der Waals surface area contributed by atoms with Gasteiger partial charge in [-0.15, -0.1) is 0 Å². The first-order valence-electron chi connectivity index (χ1n) is 7.08. The van der Waals surface area contributed by atoms with Crippen LogP contribution in [0.5, 0.6) is 0 Å². The highest BCUT2D eigenvalue weighted by atomic mass is 19.1. The number of piperazine rings is 1. The molecule has 0 amide bonds. The van der Waals surface area contributed by atoms with Gasteiger partial charge in [0.2, 0.25) is 5.82 Å². The Morgan fingerprint density at radius 3 is 2.90 bits per heavy atom. The number of nitro groups is 1. The second-order valence-electron chi connectivity index (χ2n) is 5.50. The molecule has 2 saturated heterocycles. The van der Waals surface area contributed by atoms with Crippen molar-refractivity contribution in [2.75, 3.05) is 31.1 Å². The van der Waals surface area contributed by atoms with Crippen molar-refractivity contribution in [1.82, 2.24) is 4.90 Å². The molecule has 0 N–H and O–H groups in total. The maximum Gasteiger partial charge on any atom is 0.327 e. The first-order valence-corrected chi connectivity index (χ1v) is 7.08. The molecule has 6 heteroatoms. The summed E-state index contributed by atoms with van der Waals surface area (Å²) >= 11 is 0. The molecule has 5 nitrogen and oxygen atoms in total. The van der Waals surface area contributed by atoms with Gasteiger partial charge >= 0.3 is 5.69 Å². The van der Waals surface area contributed by atoms with Gasteiger partial charge in [0.15, 0.2) is 0 Å². The fourth-order valence-electron chi connectivity index (χ4n) is 3.31. The standard InChI is InChI=1S/C14H18FN3O2/c15-12-5-3-6-13(14(12)18(19)20)17-9-8-16-7-2-1-4-11(16)10-17/h3,5-6,11H,1-2,4,7-10H2. The number of nitro benzene ring substituents is 1. The van der Waals surface area contributed by atoms with E-state index in [-0.39, 0.29) is 0 Å². The molecule has 0 aromatic heterocycles. The van der Waals surface area contributed by atoms with E-state index in [1.54, 1.807) is 12.1 Å². The van der Waals surface area contributed by atoms with Crippen LogP contribution >= 0.6 is 0 Å². The molecule has 0 spiro atoms. The summed E-state index contributed by atoms with van der Waals surface area (Å²) < 4.78 is 13.7. The molecule has 2 fully saturated rings. The fraction of sp³-hybridized carbons (Fsp3) is 0.571. The maximum absolute atomic E-state index is 13.7. The minimum atomic E-state index is -0.751. The van der Waals surface area contributed by atoms with Crippen LogP contribution in [0.2, 0.25) is 0 Å². The quantitative estimate of drug-likeness (QED) is 0.616. The van der Waals surface area contributed by atoms with Crippen LogP contribution in [0.15, 0.2) is 18.2 Å². The molecule has 0 aliphatic carbocycles. The van der Waals surface area contributed by atoms with Crippen molar-refractivity contribution in [3.8, 4) is 0 Å². The Bertz CT molecular complexity index is 523. The third-order valence-electron chi connectivity index (χ3n) is 4.33. The highest BCUT2D eigenvalue weighted by Crippen LogP contribution is 2.33. The van der Waals surface area contributed by atoms with Gasteiger partial charge in [-0.2, -0.15) is 4.39 Å². The van der Waals surface area contributed by atoms with Crippen molar-refractivity contribution < 1.29 is 9.31 Å². The molecule has 3 rings (SSSR count). The predicted octanol–water partition coefficient (Wildman–Crippen LogP) is 2.41. The summed E-state index contributed by atoms with van der Waals surface area (Å²) in [7, 11) is 0. The lowest BCUT2D eigenvalue weighted by atomic mass is 9.99. The summed E-state index contributed by atoms with van der Waals surface area (Å²) in [6, 6.07) is 4.80. The minimum Gasteiger partial charge on any atom is -0.363 e. The molecule has 1 atom stereocenters. The molecule has 108 valence electrons. The molecule has 2 aliphatic rings. The number of fused-ring (bicyclic) bond motifs is 1. The van der Waals surface area contributed by atoms with Crippen LogP contribution in [0.3, 0.4) is 0 Å². The summed E-state index contributed by atoms with van der Waals surface area (Å²) in [6.45, 7) is 3.49. The Hall–Kier alpha value is -1.69. The van der Waals surface area contributed by atoms with Gasteiger partial charge in [-0.3, -0.25) is 15.0 Å². The van der Waals surface area contributed by atoms with Crippen LogP contribution in [0.4, 0.5) is 15.8 Å². The molecule has 1 aromatic carbocycles. The van der Waals surface area contributed by atoms with Crippen molar-refractivity contribution in [1.29, 1.82) is 0 Å². The Labute approximate surface area is 117 Å². The molecule has 1 aromatic rings. The molecule has 0 saturated carbocycles. The van der Waals surface area contributed by atoms with Crippen LogP contribution in [-0.4, -0.2) is 42.0 Å². The van der Waals surface area contributed by atoms with Crippen LogP contribution in [-0.2, 0) is 0 Å². The van der Waals surface area contributed by atoms with Crippen molar-refractivity contribution in [2.24, 2.45) is 0 Å².